The van der Waals surface area contributed by atoms with Crippen LogP contribution in [-0.2, 0) is 6.42 Å². The normalized spacial score (nSPS) is 10.6. The molecule has 0 aliphatic rings. The molecule has 0 unspecified atom stereocenters. The average Bonchev–Trinajstić information content (AvgIpc) is 2.28. The summed E-state index contributed by atoms with van der Waals surface area (Å²) in [7, 11) is 0. The molecular weight excluding hydrogens is 239 g/mol. The maximum Gasteiger partial charge on any atom is 0.123 e. The summed E-state index contributed by atoms with van der Waals surface area (Å²) in [6.45, 7) is 3.76. The molecule has 0 saturated carbocycles. The third kappa shape index (κ3) is 2.80. The van der Waals surface area contributed by atoms with E-state index in [1.54, 1.807) is 12.3 Å². The Bertz CT molecular complexity index is 506. The van der Waals surface area contributed by atoms with Crippen LogP contribution in [0.1, 0.15) is 22.6 Å². The lowest BCUT2D eigenvalue weighted by Crippen LogP contribution is -2.01. The molecule has 0 spiro atoms. The number of rotatable bonds is 2. The highest BCUT2D eigenvalue weighted by atomic mass is 35.5. The van der Waals surface area contributed by atoms with Gasteiger partial charge in [0.15, 0.2) is 0 Å². The van der Waals surface area contributed by atoms with Gasteiger partial charge in [-0.05, 0) is 37.6 Å². The fraction of sp³-hybridized carbons (Fsp3) is 0.231. The maximum absolute atomic E-state index is 13.1. The van der Waals surface area contributed by atoms with E-state index in [9.17, 15) is 4.39 Å². The van der Waals surface area contributed by atoms with E-state index < -0.39 is 0 Å². The molecule has 0 N–H and O–H groups in total. The Kier molecular flexibility index (Phi) is 3.38. The van der Waals surface area contributed by atoms with Gasteiger partial charge in [-0.1, -0.05) is 11.6 Å². The number of halogens is 2. The molecule has 88 valence electrons. The van der Waals surface area contributed by atoms with Crippen molar-refractivity contribution >= 4 is 11.6 Å². The van der Waals surface area contributed by atoms with Gasteiger partial charge in [0.1, 0.15) is 5.82 Å². The van der Waals surface area contributed by atoms with Gasteiger partial charge in [-0.2, -0.15) is 0 Å². The second-order valence-corrected chi connectivity index (χ2v) is 4.36. The Morgan fingerprint density at radius 2 is 2.06 bits per heavy atom. The third-order valence-electron chi connectivity index (χ3n) is 2.54. The number of hydrogen-bond donors (Lipinski definition) is 0. The van der Waals surface area contributed by atoms with Crippen molar-refractivity contribution in [2.75, 3.05) is 0 Å². The van der Waals surface area contributed by atoms with Crippen LogP contribution in [0, 0.1) is 19.7 Å². The van der Waals surface area contributed by atoms with Crippen LogP contribution >= 0.6 is 11.6 Å². The largest absolute Gasteiger partial charge is 0.258 e. The minimum atomic E-state index is -0.289. The first-order chi connectivity index (χ1) is 8.06. The van der Waals surface area contributed by atoms with Crippen molar-refractivity contribution in [2.45, 2.75) is 20.3 Å². The van der Waals surface area contributed by atoms with Gasteiger partial charge in [-0.25, -0.2) is 4.39 Å². The molecule has 0 radical (unpaired) electrons. The van der Waals surface area contributed by atoms with Gasteiger partial charge < -0.3 is 0 Å². The molecule has 4 heteroatoms. The van der Waals surface area contributed by atoms with Gasteiger partial charge in [0.2, 0.25) is 0 Å². The zero-order valence-corrected chi connectivity index (χ0v) is 10.4. The molecule has 0 aliphatic carbocycles. The van der Waals surface area contributed by atoms with Gasteiger partial charge in [0.05, 0.1) is 17.1 Å². The highest BCUT2D eigenvalue weighted by molar-refractivity contribution is 6.31. The van der Waals surface area contributed by atoms with E-state index in [1.807, 2.05) is 13.8 Å². The zero-order valence-electron chi connectivity index (χ0n) is 9.67. The number of nitrogens with zero attached hydrogens (tertiary/aromatic N) is 2. The lowest BCUT2D eigenvalue weighted by Gasteiger charge is -2.07. The molecule has 1 aromatic heterocycles. The van der Waals surface area contributed by atoms with E-state index in [-0.39, 0.29) is 5.82 Å². The number of benzene rings is 1. The van der Waals surface area contributed by atoms with Crippen LogP contribution in [0.3, 0.4) is 0 Å². The van der Waals surface area contributed by atoms with E-state index in [0.717, 1.165) is 22.6 Å². The standard InChI is InChI=1S/C13H12ClFN2/c1-8-7-16-9(2)13(17-8)6-10-5-11(15)3-4-12(10)14/h3-5,7H,6H2,1-2H3. The molecular formula is C13H12ClFN2. The van der Waals surface area contributed by atoms with Crippen molar-refractivity contribution in [1.82, 2.24) is 9.97 Å². The van der Waals surface area contributed by atoms with Gasteiger partial charge >= 0.3 is 0 Å². The number of aryl methyl sites for hydroxylation is 2. The smallest absolute Gasteiger partial charge is 0.123 e. The molecule has 2 aromatic rings. The van der Waals surface area contributed by atoms with Crippen LogP contribution in [0.5, 0.6) is 0 Å². The van der Waals surface area contributed by atoms with Crippen LogP contribution < -0.4 is 0 Å². The topological polar surface area (TPSA) is 25.8 Å². The number of hydrogen-bond acceptors (Lipinski definition) is 2. The van der Waals surface area contributed by atoms with Gasteiger partial charge in [0, 0.05) is 17.6 Å². The van der Waals surface area contributed by atoms with Crippen molar-refractivity contribution < 1.29 is 4.39 Å². The highest BCUT2D eigenvalue weighted by Gasteiger charge is 2.08. The molecule has 0 amide bonds. The molecule has 2 rings (SSSR count). The van der Waals surface area contributed by atoms with Gasteiger partial charge in [0.25, 0.3) is 0 Å². The van der Waals surface area contributed by atoms with E-state index in [4.69, 9.17) is 11.6 Å². The molecule has 1 heterocycles. The maximum atomic E-state index is 13.1. The molecule has 0 fully saturated rings. The van der Waals surface area contributed by atoms with Crippen LogP contribution in [0.15, 0.2) is 24.4 Å². The van der Waals surface area contributed by atoms with Crippen LogP contribution in [-0.4, -0.2) is 9.97 Å². The second kappa shape index (κ2) is 4.80. The van der Waals surface area contributed by atoms with E-state index in [2.05, 4.69) is 9.97 Å². The molecule has 1 aromatic carbocycles. The Labute approximate surface area is 104 Å². The first-order valence-electron chi connectivity index (χ1n) is 5.29. The summed E-state index contributed by atoms with van der Waals surface area (Å²) >= 11 is 6.02. The Hall–Kier alpha value is -1.48. The Balaban J connectivity index is 2.37. The van der Waals surface area contributed by atoms with Crippen molar-refractivity contribution in [1.29, 1.82) is 0 Å². The molecule has 0 aliphatic heterocycles. The molecule has 2 nitrogen and oxygen atoms in total. The summed E-state index contributed by atoms with van der Waals surface area (Å²) in [6.07, 6.45) is 2.21. The minimum Gasteiger partial charge on any atom is -0.258 e. The first kappa shape index (κ1) is 12.0. The minimum absolute atomic E-state index is 0.289. The number of aromatic nitrogens is 2. The fourth-order valence-corrected chi connectivity index (χ4v) is 1.80. The fourth-order valence-electron chi connectivity index (χ4n) is 1.61. The van der Waals surface area contributed by atoms with Crippen LogP contribution in [0.25, 0.3) is 0 Å². The summed E-state index contributed by atoms with van der Waals surface area (Å²) < 4.78 is 13.1. The molecule has 0 atom stereocenters. The highest BCUT2D eigenvalue weighted by Crippen LogP contribution is 2.20. The van der Waals surface area contributed by atoms with E-state index >= 15 is 0 Å². The Morgan fingerprint density at radius 3 is 2.82 bits per heavy atom. The van der Waals surface area contributed by atoms with Gasteiger partial charge in [-0.15, -0.1) is 0 Å². The quantitative estimate of drug-likeness (QED) is 0.816. The third-order valence-corrected chi connectivity index (χ3v) is 2.91. The van der Waals surface area contributed by atoms with Crippen molar-refractivity contribution in [3.63, 3.8) is 0 Å². The van der Waals surface area contributed by atoms with Crippen molar-refractivity contribution in [2.24, 2.45) is 0 Å². The monoisotopic (exact) mass is 250 g/mol. The summed E-state index contributed by atoms with van der Waals surface area (Å²) in [5, 5.41) is 0.550. The van der Waals surface area contributed by atoms with E-state index in [1.165, 1.54) is 12.1 Å². The zero-order chi connectivity index (χ0) is 12.4. The van der Waals surface area contributed by atoms with Crippen molar-refractivity contribution in [3.8, 4) is 0 Å². The predicted octanol–water partition coefficient (Wildman–Crippen LogP) is 3.48. The molecule has 0 saturated heterocycles. The first-order valence-corrected chi connectivity index (χ1v) is 5.67. The van der Waals surface area contributed by atoms with Crippen LogP contribution in [0.2, 0.25) is 5.02 Å². The molecule has 17 heavy (non-hydrogen) atoms. The van der Waals surface area contributed by atoms with Crippen molar-refractivity contribution in [3.05, 3.63) is 57.9 Å². The Morgan fingerprint density at radius 1 is 1.29 bits per heavy atom. The lowest BCUT2D eigenvalue weighted by molar-refractivity contribution is 0.626. The second-order valence-electron chi connectivity index (χ2n) is 3.96. The van der Waals surface area contributed by atoms with Gasteiger partial charge in [-0.3, -0.25) is 9.97 Å². The summed E-state index contributed by atoms with van der Waals surface area (Å²) in [4.78, 5) is 8.62. The summed E-state index contributed by atoms with van der Waals surface area (Å²) in [5.41, 5.74) is 3.25. The average molecular weight is 251 g/mol. The predicted molar refractivity (Wildman–Crippen MR) is 65.7 cm³/mol. The summed E-state index contributed by atoms with van der Waals surface area (Å²) in [6, 6.07) is 4.34. The summed E-state index contributed by atoms with van der Waals surface area (Å²) in [5.74, 6) is -0.289. The SMILES string of the molecule is Cc1cnc(C)c(Cc2cc(F)ccc2Cl)n1. The van der Waals surface area contributed by atoms with Crippen LogP contribution in [0.4, 0.5) is 4.39 Å². The lowest BCUT2D eigenvalue weighted by atomic mass is 10.1. The molecule has 0 bridgehead atoms. The van der Waals surface area contributed by atoms with E-state index in [0.29, 0.717) is 11.4 Å².